The molecule has 1 rings (SSSR count). The minimum atomic E-state index is 0.692. The molecule has 0 saturated carbocycles. The smallest absolute Gasteiger partial charge is 0.0984 e. The highest BCUT2D eigenvalue weighted by molar-refractivity contribution is 7.99. The zero-order valence-electron chi connectivity index (χ0n) is 13.1. The minimum absolute atomic E-state index is 0.692. The fourth-order valence-electron chi connectivity index (χ4n) is 2.07. The van der Waals surface area contributed by atoms with Crippen LogP contribution in [0.3, 0.4) is 0 Å². The van der Waals surface area contributed by atoms with E-state index in [1.807, 2.05) is 16.4 Å². The van der Waals surface area contributed by atoms with E-state index in [1.54, 1.807) is 0 Å². The molecule has 1 aromatic rings. The molecule has 0 unspecified atom stereocenters. The van der Waals surface area contributed by atoms with Crippen molar-refractivity contribution in [1.82, 2.24) is 15.1 Å². The lowest BCUT2D eigenvalue weighted by atomic mass is 10.2. The predicted molar refractivity (Wildman–Crippen MR) is 84.7 cm³/mol. The Balaban J connectivity index is 2.57. The molecule has 0 fully saturated rings. The summed E-state index contributed by atoms with van der Waals surface area (Å²) in [7, 11) is 2.06. The fourth-order valence-corrected chi connectivity index (χ4v) is 3.24. The summed E-state index contributed by atoms with van der Waals surface area (Å²) in [4.78, 5) is 0. The largest absolute Gasteiger partial charge is 0.312 e. The first kappa shape index (κ1) is 16.6. The summed E-state index contributed by atoms with van der Waals surface area (Å²) in [5.74, 6) is 1.89. The van der Waals surface area contributed by atoms with Gasteiger partial charge in [0.25, 0.3) is 0 Å². The van der Waals surface area contributed by atoms with Crippen LogP contribution in [0.25, 0.3) is 0 Å². The van der Waals surface area contributed by atoms with Crippen LogP contribution in [0, 0.1) is 12.8 Å². The highest BCUT2D eigenvalue weighted by Crippen LogP contribution is 2.25. The average Bonchev–Trinajstić information content (AvgIpc) is 2.60. The van der Waals surface area contributed by atoms with Crippen LogP contribution in [-0.2, 0) is 13.6 Å². The molecule has 0 amide bonds. The number of aryl methyl sites for hydroxylation is 2. The number of hydrogen-bond acceptors (Lipinski definition) is 3. The highest BCUT2D eigenvalue weighted by atomic mass is 32.2. The van der Waals surface area contributed by atoms with E-state index in [0.29, 0.717) is 5.92 Å². The minimum Gasteiger partial charge on any atom is -0.312 e. The Morgan fingerprint density at radius 2 is 2.05 bits per heavy atom. The lowest BCUT2D eigenvalue weighted by Gasteiger charge is -2.09. The Hall–Kier alpha value is -0.480. The van der Waals surface area contributed by atoms with Gasteiger partial charge in [-0.15, -0.1) is 11.8 Å². The zero-order valence-corrected chi connectivity index (χ0v) is 13.9. The maximum Gasteiger partial charge on any atom is 0.0984 e. The molecule has 110 valence electrons. The van der Waals surface area contributed by atoms with Crippen molar-refractivity contribution in [2.24, 2.45) is 13.0 Å². The second-order valence-corrected chi connectivity index (χ2v) is 6.66. The van der Waals surface area contributed by atoms with Gasteiger partial charge in [0.1, 0.15) is 0 Å². The van der Waals surface area contributed by atoms with Gasteiger partial charge in [-0.2, -0.15) is 5.10 Å². The number of hydrogen-bond donors (Lipinski definition) is 1. The SMILES string of the molecule is CCCCCSc1c(CNCC(C)C)c(C)nn1C. The van der Waals surface area contributed by atoms with Gasteiger partial charge in [-0.3, -0.25) is 4.68 Å². The molecule has 0 saturated heterocycles. The van der Waals surface area contributed by atoms with E-state index in [1.165, 1.54) is 35.6 Å². The van der Waals surface area contributed by atoms with Gasteiger partial charge < -0.3 is 5.32 Å². The standard InChI is InChI=1S/C15H29N3S/c1-6-7-8-9-19-15-14(11-16-10-12(2)3)13(4)17-18(15)5/h12,16H,6-11H2,1-5H3. The molecule has 0 aliphatic heterocycles. The van der Waals surface area contributed by atoms with Crippen LogP contribution < -0.4 is 5.32 Å². The summed E-state index contributed by atoms with van der Waals surface area (Å²) in [5, 5.41) is 9.43. The van der Waals surface area contributed by atoms with Crippen molar-refractivity contribution >= 4 is 11.8 Å². The number of unbranched alkanes of at least 4 members (excludes halogenated alkanes) is 2. The maximum absolute atomic E-state index is 4.56. The van der Waals surface area contributed by atoms with Gasteiger partial charge >= 0.3 is 0 Å². The first-order valence-electron chi connectivity index (χ1n) is 7.42. The summed E-state index contributed by atoms with van der Waals surface area (Å²) < 4.78 is 2.04. The van der Waals surface area contributed by atoms with E-state index in [0.717, 1.165) is 18.8 Å². The number of nitrogens with one attached hydrogen (secondary N) is 1. The van der Waals surface area contributed by atoms with Gasteiger partial charge in [0.2, 0.25) is 0 Å². The number of thioether (sulfide) groups is 1. The summed E-state index contributed by atoms with van der Waals surface area (Å²) >= 11 is 1.95. The Kier molecular flexibility index (Phi) is 7.54. The van der Waals surface area contributed by atoms with Gasteiger partial charge in [0.15, 0.2) is 0 Å². The van der Waals surface area contributed by atoms with Crippen molar-refractivity contribution < 1.29 is 0 Å². The van der Waals surface area contributed by atoms with Crippen LogP contribution in [0.2, 0.25) is 0 Å². The molecule has 1 N–H and O–H groups in total. The predicted octanol–water partition coefficient (Wildman–Crippen LogP) is 3.76. The second kappa shape index (κ2) is 8.64. The Labute approximate surface area is 122 Å². The van der Waals surface area contributed by atoms with Crippen molar-refractivity contribution in [2.75, 3.05) is 12.3 Å². The average molecular weight is 283 g/mol. The van der Waals surface area contributed by atoms with Gasteiger partial charge in [-0.25, -0.2) is 0 Å². The van der Waals surface area contributed by atoms with Crippen LogP contribution in [0.5, 0.6) is 0 Å². The van der Waals surface area contributed by atoms with E-state index < -0.39 is 0 Å². The first-order chi connectivity index (χ1) is 9.06. The molecule has 0 bridgehead atoms. The van der Waals surface area contributed by atoms with Gasteiger partial charge in [-0.05, 0) is 31.6 Å². The summed E-state index contributed by atoms with van der Waals surface area (Å²) in [5.41, 5.74) is 2.54. The molecule has 0 radical (unpaired) electrons. The normalized spacial score (nSPS) is 11.5. The molecule has 1 heterocycles. The molecule has 3 nitrogen and oxygen atoms in total. The Bertz CT molecular complexity index is 372. The molecule has 19 heavy (non-hydrogen) atoms. The van der Waals surface area contributed by atoms with E-state index >= 15 is 0 Å². The lowest BCUT2D eigenvalue weighted by molar-refractivity contribution is 0.548. The topological polar surface area (TPSA) is 29.9 Å². The van der Waals surface area contributed by atoms with Crippen molar-refractivity contribution in [1.29, 1.82) is 0 Å². The van der Waals surface area contributed by atoms with Crippen LogP contribution in [0.15, 0.2) is 5.03 Å². The van der Waals surface area contributed by atoms with E-state index in [9.17, 15) is 0 Å². The molecular formula is C15H29N3S. The van der Waals surface area contributed by atoms with E-state index in [2.05, 4.69) is 45.2 Å². The van der Waals surface area contributed by atoms with Gasteiger partial charge in [0.05, 0.1) is 10.7 Å². The molecular weight excluding hydrogens is 254 g/mol. The molecule has 0 aromatic carbocycles. The van der Waals surface area contributed by atoms with Crippen molar-refractivity contribution in [2.45, 2.75) is 58.5 Å². The molecule has 0 spiro atoms. The monoisotopic (exact) mass is 283 g/mol. The third-order valence-corrected chi connectivity index (χ3v) is 4.41. The second-order valence-electron chi connectivity index (χ2n) is 5.57. The third kappa shape index (κ3) is 5.57. The molecule has 0 atom stereocenters. The Morgan fingerprint density at radius 1 is 1.32 bits per heavy atom. The van der Waals surface area contributed by atoms with E-state index in [4.69, 9.17) is 0 Å². The zero-order chi connectivity index (χ0) is 14.3. The summed E-state index contributed by atoms with van der Waals surface area (Å²) in [6.07, 6.45) is 3.91. The van der Waals surface area contributed by atoms with Crippen LogP contribution in [0.1, 0.15) is 51.3 Å². The molecule has 0 aliphatic carbocycles. The number of rotatable bonds is 9. The first-order valence-corrected chi connectivity index (χ1v) is 8.40. The quantitative estimate of drug-likeness (QED) is 0.553. The summed E-state index contributed by atoms with van der Waals surface area (Å²) in [6, 6.07) is 0. The third-order valence-electron chi connectivity index (χ3n) is 3.13. The van der Waals surface area contributed by atoms with Crippen LogP contribution >= 0.6 is 11.8 Å². The number of aromatic nitrogens is 2. The molecule has 0 aliphatic rings. The van der Waals surface area contributed by atoms with E-state index in [-0.39, 0.29) is 0 Å². The van der Waals surface area contributed by atoms with Crippen LogP contribution in [-0.4, -0.2) is 22.1 Å². The Morgan fingerprint density at radius 3 is 2.68 bits per heavy atom. The molecule has 4 heteroatoms. The van der Waals surface area contributed by atoms with Gasteiger partial charge in [0, 0.05) is 19.2 Å². The highest BCUT2D eigenvalue weighted by Gasteiger charge is 2.13. The van der Waals surface area contributed by atoms with Crippen molar-refractivity contribution in [3.05, 3.63) is 11.3 Å². The maximum atomic E-state index is 4.56. The number of nitrogens with zero attached hydrogens (tertiary/aromatic N) is 2. The van der Waals surface area contributed by atoms with Gasteiger partial charge in [-0.1, -0.05) is 33.6 Å². The fraction of sp³-hybridized carbons (Fsp3) is 0.800. The van der Waals surface area contributed by atoms with Crippen molar-refractivity contribution in [3.8, 4) is 0 Å². The summed E-state index contributed by atoms with van der Waals surface area (Å²) in [6.45, 7) is 10.8. The van der Waals surface area contributed by atoms with Crippen LogP contribution in [0.4, 0.5) is 0 Å². The van der Waals surface area contributed by atoms with Crippen molar-refractivity contribution in [3.63, 3.8) is 0 Å². The lowest BCUT2D eigenvalue weighted by Crippen LogP contribution is -2.19. The molecule has 1 aromatic heterocycles.